The maximum atomic E-state index is 12.7. The number of nitrogens with one attached hydrogen (secondary N) is 1. The van der Waals surface area contributed by atoms with Crippen LogP contribution in [0.2, 0.25) is 0 Å². The first kappa shape index (κ1) is 18.1. The lowest BCUT2D eigenvalue weighted by Crippen LogP contribution is -2.58. The summed E-state index contributed by atoms with van der Waals surface area (Å²) in [5.74, 6) is 0.639. The van der Waals surface area contributed by atoms with Gasteiger partial charge in [0.2, 0.25) is 5.91 Å². The molecule has 3 saturated heterocycles. The highest BCUT2D eigenvalue weighted by atomic mass is 16.3. The average Bonchev–Trinajstić information content (AvgIpc) is 3.14. The summed E-state index contributed by atoms with van der Waals surface area (Å²) in [5, 5.41) is 20.4. The summed E-state index contributed by atoms with van der Waals surface area (Å²) in [4.78, 5) is 19.2. The van der Waals surface area contributed by atoms with Gasteiger partial charge < -0.3 is 10.4 Å². The van der Waals surface area contributed by atoms with E-state index in [2.05, 4.69) is 25.5 Å². The van der Waals surface area contributed by atoms with Gasteiger partial charge in [-0.2, -0.15) is 0 Å². The van der Waals surface area contributed by atoms with Crippen molar-refractivity contribution in [2.24, 2.45) is 11.8 Å². The Balaban J connectivity index is 1.32. The topological polar surface area (TPSA) is 96.2 Å². The number of aromatic nitrogens is 4. The lowest BCUT2D eigenvalue weighted by molar-refractivity contribution is -0.133. The summed E-state index contributed by atoms with van der Waals surface area (Å²) >= 11 is 0. The predicted octanol–water partition coefficient (Wildman–Crippen LogP) is 0.235. The summed E-state index contributed by atoms with van der Waals surface area (Å²) in [7, 11) is 0. The molecule has 27 heavy (non-hydrogen) atoms. The summed E-state index contributed by atoms with van der Waals surface area (Å²) in [6, 6.07) is 4.26. The third-order valence-electron chi connectivity index (χ3n) is 5.76. The fourth-order valence-electron chi connectivity index (χ4n) is 4.32. The van der Waals surface area contributed by atoms with Gasteiger partial charge in [0.25, 0.3) is 0 Å². The second-order valence-electron chi connectivity index (χ2n) is 7.52. The van der Waals surface area contributed by atoms with Gasteiger partial charge in [-0.3, -0.25) is 19.4 Å². The van der Waals surface area contributed by atoms with E-state index in [1.165, 1.54) is 0 Å². The van der Waals surface area contributed by atoms with E-state index in [-0.39, 0.29) is 18.4 Å². The molecular weight excluding hydrogens is 344 g/mol. The standard InChI is InChI=1S/C19H26N6O2/c26-7-4-16-11-25(23-22-16)12-17-8-15-3-6-24(17)13-18(15)19(27)21-10-14-2-1-5-20-9-14/h1-2,5,9,11,15,17-18,26H,3-4,6-8,10,12-13H2,(H,21,27)/t15-,17+,18+/m0/s1. The van der Waals surface area contributed by atoms with Crippen molar-refractivity contribution < 1.29 is 9.90 Å². The van der Waals surface area contributed by atoms with Crippen LogP contribution >= 0.6 is 0 Å². The number of rotatable bonds is 7. The number of nitrogens with zero attached hydrogens (tertiary/aromatic N) is 5. The Morgan fingerprint density at radius 2 is 2.33 bits per heavy atom. The molecule has 3 aliphatic heterocycles. The Morgan fingerprint density at radius 3 is 3.07 bits per heavy atom. The third-order valence-corrected chi connectivity index (χ3v) is 5.76. The van der Waals surface area contributed by atoms with Gasteiger partial charge in [0.05, 0.1) is 18.2 Å². The van der Waals surface area contributed by atoms with Crippen LogP contribution in [0.25, 0.3) is 0 Å². The van der Waals surface area contributed by atoms with Gasteiger partial charge in [-0.15, -0.1) is 5.10 Å². The molecule has 8 nitrogen and oxygen atoms in total. The van der Waals surface area contributed by atoms with Crippen molar-refractivity contribution in [3.63, 3.8) is 0 Å². The van der Waals surface area contributed by atoms with Gasteiger partial charge in [-0.1, -0.05) is 11.3 Å². The van der Waals surface area contributed by atoms with Crippen molar-refractivity contribution >= 4 is 5.91 Å². The van der Waals surface area contributed by atoms with E-state index in [1.807, 2.05) is 23.0 Å². The first-order valence-electron chi connectivity index (χ1n) is 9.63. The summed E-state index contributed by atoms with van der Waals surface area (Å²) in [6.45, 7) is 3.27. The van der Waals surface area contributed by atoms with E-state index >= 15 is 0 Å². The van der Waals surface area contributed by atoms with Crippen molar-refractivity contribution in [1.29, 1.82) is 0 Å². The first-order valence-corrected chi connectivity index (χ1v) is 9.63. The van der Waals surface area contributed by atoms with Crippen molar-refractivity contribution in [2.75, 3.05) is 19.7 Å². The molecule has 144 valence electrons. The molecule has 1 amide bonds. The number of carbonyl (C=O) groups excluding carboxylic acids is 1. The van der Waals surface area contributed by atoms with Gasteiger partial charge in [0.1, 0.15) is 0 Å². The number of hydrogen-bond donors (Lipinski definition) is 2. The number of fused-ring (bicyclic) bond motifs is 3. The molecule has 4 atom stereocenters. The van der Waals surface area contributed by atoms with Crippen molar-refractivity contribution in [3.05, 3.63) is 42.0 Å². The van der Waals surface area contributed by atoms with Crippen molar-refractivity contribution in [3.8, 4) is 0 Å². The van der Waals surface area contributed by atoms with Crippen LogP contribution in [0.5, 0.6) is 0 Å². The molecule has 0 aliphatic carbocycles. The Bertz CT molecular complexity index is 765. The zero-order valence-corrected chi connectivity index (χ0v) is 15.4. The molecule has 0 radical (unpaired) electrons. The first-order chi connectivity index (χ1) is 13.2. The molecule has 3 fully saturated rings. The fourth-order valence-corrected chi connectivity index (χ4v) is 4.32. The summed E-state index contributed by atoms with van der Waals surface area (Å²) < 4.78 is 1.87. The molecule has 2 aromatic heterocycles. The quantitative estimate of drug-likeness (QED) is 0.725. The van der Waals surface area contributed by atoms with E-state index in [0.717, 1.165) is 43.7 Å². The van der Waals surface area contributed by atoms with E-state index in [0.29, 0.717) is 24.9 Å². The molecule has 2 bridgehead atoms. The molecule has 8 heteroatoms. The van der Waals surface area contributed by atoms with E-state index < -0.39 is 0 Å². The number of amides is 1. The van der Waals surface area contributed by atoms with Crippen LogP contribution in [-0.4, -0.2) is 61.6 Å². The summed E-state index contributed by atoms with van der Waals surface area (Å²) in [6.07, 6.45) is 8.07. The lowest BCUT2D eigenvalue weighted by atomic mass is 9.75. The molecule has 0 spiro atoms. The second kappa shape index (κ2) is 8.14. The number of piperidine rings is 3. The number of aliphatic hydroxyl groups is 1. The molecule has 3 aliphatic rings. The second-order valence-corrected chi connectivity index (χ2v) is 7.52. The number of pyridine rings is 1. The van der Waals surface area contributed by atoms with Crippen LogP contribution in [0.4, 0.5) is 0 Å². The van der Waals surface area contributed by atoms with Crippen LogP contribution in [0.1, 0.15) is 24.1 Å². The van der Waals surface area contributed by atoms with Crippen molar-refractivity contribution in [1.82, 2.24) is 30.2 Å². The van der Waals surface area contributed by atoms with Gasteiger partial charge in [0.15, 0.2) is 0 Å². The highest BCUT2D eigenvalue weighted by Crippen LogP contribution is 2.36. The Morgan fingerprint density at radius 1 is 1.41 bits per heavy atom. The van der Waals surface area contributed by atoms with Crippen LogP contribution in [0, 0.1) is 11.8 Å². The molecule has 1 unspecified atom stereocenters. The van der Waals surface area contributed by atoms with E-state index in [1.54, 1.807) is 12.4 Å². The van der Waals surface area contributed by atoms with E-state index in [4.69, 9.17) is 5.11 Å². The smallest absolute Gasteiger partial charge is 0.224 e. The molecular formula is C19H26N6O2. The van der Waals surface area contributed by atoms with Crippen LogP contribution in [0.3, 0.4) is 0 Å². The molecule has 0 saturated carbocycles. The lowest BCUT2D eigenvalue weighted by Gasteiger charge is -2.49. The Labute approximate surface area is 158 Å². The van der Waals surface area contributed by atoms with Crippen LogP contribution in [0.15, 0.2) is 30.7 Å². The summed E-state index contributed by atoms with van der Waals surface area (Å²) in [5.41, 5.74) is 1.84. The minimum absolute atomic E-state index is 0.0624. The number of carbonyl (C=O) groups is 1. The van der Waals surface area contributed by atoms with Gasteiger partial charge in [-0.05, 0) is 36.9 Å². The number of hydrogen-bond acceptors (Lipinski definition) is 6. The Hall–Kier alpha value is -2.32. The van der Waals surface area contributed by atoms with Gasteiger partial charge in [-0.25, -0.2) is 0 Å². The average molecular weight is 370 g/mol. The normalized spacial score (nSPS) is 26.9. The zero-order valence-electron chi connectivity index (χ0n) is 15.4. The monoisotopic (exact) mass is 370 g/mol. The minimum atomic E-state index is 0.0624. The van der Waals surface area contributed by atoms with Crippen molar-refractivity contribution in [2.45, 2.75) is 38.4 Å². The minimum Gasteiger partial charge on any atom is -0.396 e. The highest BCUT2D eigenvalue weighted by Gasteiger charge is 2.43. The van der Waals surface area contributed by atoms with Crippen LogP contribution in [-0.2, 0) is 24.3 Å². The van der Waals surface area contributed by atoms with Gasteiger partial charge in [0, 0.05) is 50.7 Å². The zero-order chi connectivity index (χ0) is 18.6. The Kier molecular flexibility index (Phi) is 5.45. The molecule has 2 N–H and O–H groups in total. The molecule has 2 aromatic rings. The largest absolute Gasteiger partial charge is 0.396 e. The SMILES string of the molecule is O=C(NCc1cccnc1)[C@@H]1CN2CC[C@H]1C[C@@H]2Cn1cc(CCO)nn1. The van der Waals surface area contributed by atoms with Gasteiger partial charge >= 0.3 is 0 Å². The molecule has 5 rings (SSSR count). The molecule has 5 heterocycles. The molecule has 0 aromatic carbocycles. The van der Waals surface area contributed by atoms with E-state index in [9.17, 15) is 4.79 Å². The maximum Gasteiger partial charge on any atom is 0.224 e. The van der Waals surface area contributed by atoms with Crippen LogP contribution < -0.4 is 5.32 Å². The highest BCUT2D eigenvalue weighted by molar-refractivity contribution is 5.79. The maximum absolute atomic E-state index is 12.7. The third kappa shape index (κ3) is 4.17. The fraction of sp³-hybridized carbons (Fsp3) is 0.579. The number of aliphatic hydroxyl groups excluding tert-OH is 1. The predicted molar refractivity (Wildman–Crippen MR) is 98.5 cm³/mol.